The van der Waals surface area contributed by atoms with E-state index in [9.17, 15) is 24.5 Å². The summed E-state index contributed by atoms with van der Waals surface area (Å²) in [7, 11) is 1.54. The summed E-state index contributed by atoms with van der Waals surface area (Å²) in [5.74, 6) is -0.358. The van der Waals surface area contributed by atoms with Crippen molar-refractivity contribution in [3.05, 3.63) is 58.1 Å². The molecule has 2 atom stereocenters. The number of nitro benzene ring substituents is 1. The van der Waals surface area contributed by atoms with E-state index >= 15 is 0 Å². The fourth-order valence-corrected chi connectivity index (χ4v) is 4.76. The van der Waals surface area contributed by atoms with E-state index in [4.69, 9.17) is 4.74 Å². The topological polar surface area (TPSA) is 131 Å². The molecule has 2 aromatic rings. The van der Waals surface area contributed by atoms with Crippen LogP contribution >= 0.6 is 0 Å². The molecule has 10 nitrogen and oxygen atoms in total. The van der Waals surface area contributed by atoms with E-state index in [2.05, 4.69) is 10.6 Å². The van der Waals surface area contributed by atoms with E-state index in [-0.39, 0.29) is 47.1 Å². The van der Waals surface area contributed by atoms with Crippen LogP contribution in [0, 0.1) is 22.0 Å². The Balaban J connectivity index is 1.35. The lowest BCUT2D eigenvalue weighted by molar-refractivity contribution is -0.384. The standard InChI is InChI=1S/C25H28N4O6/c1-35-18-10-8-17(9-11-18)27-23(30)16-7-12-21(22(15-16)29(33)34)26-13-4-14-28-24(31)19-5-2-3-6-20(19)25(28)32/h7-12,15,19-20,26H,2-6,13-14H2,1H3,(H,27,30)/t19-,20+. The lowest BCUT2D eigenvalue weighted by atomic mass is 9.81. The summed E-state index contributed by atoms with van der Waals surface area (Å²) in [6, 6.07) is 11.0. The maximum absolute atomic E-state index is 12.6. The van der Waals surface area contributed by atoms with Crippen LogP contribution in [0.4, 0.5) is 17.1 Å². The van der Waals surface area contributed by atoms with Crippen molar-refractivity contribution in [1.29, 1.82) is 0 Å². The molecule has 0 bridgehead atoms. The molecular formula is C25H28N4O6. The molecule has 0 spiro atoms. The molecule has 3 amide bonds. The van der Waals surface area contributed by atoms with Gasteiger partial charge >= 0.3 is 0 Å². The van der Waals surface area contributed by atoms with Crippen molar-refractivity contribution < 1.29 is 24.0 Å². The van der Waals surface area contributed by atoms with Crippen molar-refractivity contribution in [2.75, 3.05) is 30.8 Å². The smallest absolute Gasteiger partial charge is 0.293 e. The number of nitrogens with zero attached hydrogens (tertiary/aromatic N) is 2. The first-order valence-corrected chi connectivity index (χ1v) is 11.7. The van der Waals surface area contributed by atoms with Gasteiger partial charge in [-0.05, 0) is 55.7 Å². The highest BCUT2D eigenvalue weighted by atomic mass is 16.6. The number of anilines is 2. The molecule has 1 aliphatic heterocycles. The summed E-state index contributed by atoms with van der Waals surface area (Å²) < 4.78 is 5.09. The van der Waals surface area contributed by atoms with Crippen LogP contribution in [-0.4, -0.2) is 47.7 Å². The Morgan fingerprint density at radius 2 is 1.74 bits per heavy atom. The minimum Gasteiger partial charge on any atom is -0.497 e. The van der Waals surface area contributed by atoms with Gasteiger partial charge in [-0.3, -0.25) is 29.4 Å². The first-order valence-electron chi connectivity index (χ1n) is 11.7. The van der Waals surface area contributed by atoms with Crippen molar-refractivity contribution in [3.63, 3.8) is 0 Å². The van der Waals surface area contributed by atoms with Gasteiger partial charge in [0.05, 0.1) is 23.9 Å². The highest BCUT2D eigenvalue weighted by Gasteiger charge is 2.47. The number of ether oxygens (including phenoxy) is 1. The minimum atomic E-state index is -0.551. The van der Waals surface area contributed by atoms with Gasteiger partial charge in [-0.2, -0.15) is 0 Å². The van der Waals surface area contributed by atoms with Crippen LogP contribution in [-0.2, 0) is 9.59 Å². The third-order valence-electron chi connectivity index (χ3n) is 6.61. The molecule has 35 heavy (non-hydrogen) atoms. The van der Waals surface area contributed by atoms with Gasteiger partial charge in [-0.15, -0.1) is 0 Å². The molecule has 4 rings (SSSR count). The summed E-state index contributed by atoms with van der Waals surface area (Å²) in [5, 5.41) is 17.3. The number of carbonyl (C=O) groups is 3. The Hall–Kier alpha value is -3.95. The second kappa shape index (κ2) is 10.5. The predicted molar refractivity (Wildman–Crippen MR) is 129 cm³/mol. The number of benzene rings is 2. The number of nitro groups is 1. The first-order chi connectivity index (χ1) is 16.9. The first kappa shape index (κ1) is 24.2. The van der Waals surface area contributed by atoms with Crippen LogP contribution in [0.5, 0.6) is 5.75 Å². The van der Waals surface area contributed by atoms with E-state index in [1.165, 1.54) is 23.1 Å². The number of rotatable bonds is 9. The van der Waals surface area contributed by atoms with Gasteiger partial charge in [-0.1, -0.05) is 12.8 Å². The lowest BCUT2D eigenvalue weighted by Crippen LogP contribution is -2.33. The Bertz CT molecular complexity index is 1110. The summed E-state index contributed by atoms with van der Waals surface area (Å²) in [6.07, 6.45) is 3.97. The molecule has 184 valence electrons. The van der Waals surface area contributed by atoms with E-state index in [1.807, 2.05) is 0 Å². The van der Waals surface area contributed by atoms with Gasteiger partial charge in [0.2, 0.25) is 11.8 Å². The highest BCUT2D eigenvalue weighted by Crippen LogP contribution is 2.38. The van der Waals surface area contributed by atoms with Gasteiger partial charge in [-0.25, -0.2) is 0 Å². The lowest BCUT2D eigenvalue weighted by Gasteiger charge is -2.19. The molecule has 10 heteroatoms. The predicted octanol–water partition coefficient (Wildman–Crippen LogP) is 3.83. The normalized spacial score (nSPS) is 19.3. The van der Waals surface area contributed by atoms with Crippen molar-refractivity contribution in [2.24, 2.45) is 11.8 Å². The van der Waals surface area contributed by atoms with Crippen molar-refractivity contribution >= 4 is 34.8 Å². The Morgan fingerprint density at radius 3 is 2.34 bits per heavy atom. The van der Waals surface area contributed by atoms with Gasteiger partial charge < -0.3 is 15.4 Å². The average Bonchev–Trinajstić information content (AvgIpc) is 3.11. The molecule has 1 heterocycles. The maximum atomic E-state index is 12.6. The van der Waals surface area contributed by atoms with E-state index in [0.29, 0.717) is 24.4 Å². The Morgan fingerprint density at radius 1 is 1.09 bits per heavy atom. The number of hydrogen-bond acceptors (Lipinski definition) is 7. The number of methoxy groups -OCH3 is 1. The zero-order valence-corrected chi connectivity index (χ0v) is 19.5. The van der Waals surface area contributed by atoms with Crippen LogP contribution < -0.4 is 15.4 Å². The van der Waals surface area contributed by atoms with Gasteiger partial charge in [0.1, 0.15) is 11.4 Å². The second-order valence-corrected chi connectivity index (χ2v) is 8.78. The number of amides is 3. The van der Waals surface area contributed by atoms with Gasteiger partial charge in [0, 0.05) is 30.4 Å². The molecule has 1 saturated heterocycles. The Kier molecular flexibility index (Phi) is 7.28. The molecule has 0 radical (unpaired) electrons. The molecule has 2 fully saturated rings. The van der Waals surface area contributed by atoms with E-state index in [1.54, 1.807) is 31.4 Å². The van der Waals surface area contributed by atoms with Crippen LogP contribution in [0.2, 0.25) is 0 Å². The van der Waals surface area contributed by atoms with Gasteiger partial charge in [0.15, 0.2) is 0 Å². The number of likely N-dealkylation sites (tertiary alicyclic amines) is 1. The number of nitrogens with one attached hydrogen (secondary N) is 2. The molecule has 1 saturated carbocycles. The summed E-state index contributed by atoms with van der Waals surface area (Å²) in [5.41, 5.74) is 0.718. The maximum Gasteiger partial charge on any atom is 0.293 e. The van der Waals surface area contributed by atoms with Crippen molar-refractivity contribution in [1.82, 2.24) is 4.90 Å². The molecule has 0 unspecified atom stereocenters. The monoisotopic (exact) mass is 480 g/mol. The summed E-state index contributed by atoms with van der Waals surface area (Å²) in [6.45, 7) is 0.623. The largest absolute Gasteiger partial charge is 0.497 e. The van der Waals surface area contributed by atoms with E-state index < -0.39 is 10.8 Å². The summed E-state index contributed by atoms with van der Waals surface area (Å²) >= 11 is 0. The molecule has 2 N–H and O–H groups in total. The van der Waals surface area contributed by atoms with Crippen LogP contribution in [0.3, 0.4) is 0 Å². The number of fused-ring (bicyclic) bond motifs is 1. The number of hydrogen-bond donors (Lipinski definition) is 2. The Labute approximate surface area is 202 Å². The zero-order valence-electron chi connectivity index (χ0n) is 19.5. The van der Waals surface area contributed by atoms with Crippen molar-refractivity contribution in [3.8, 4) is 5.75 Å². The molecular weight excluding hydrogens is 452 g/mol. The van der Waals surface area contributed by atoms with Gasteiger partial charge in [0.25, 0.3) is 11.6 Å². The average molecular weight is 481 g/mol. The fraction of sp³-hybridized carbons (Fsp3) is 0.400. The zero-order chi connectivity index (χ0) is 24.9. The number of carbonyl (C=O) groups excluding carboxylic acids is 3. The van der Waals surface area contributed by atoms with Crippen LogP contribution in [0.15, 0.2) is 42.5 Å². The third-order valence-corrected chi connectivity index (χ3v) is 6.61. The fourth-order valence-electron chi connectivity index (χ4n) is 4.76. The molecule has 0 aromatic heterocycles. The number of imide groups is 1. The highest BCUT2D eigenvalue weighted by molar-refractivity contribution is 6.05. The second-order valence-electron chi connectivity index (χ2n) is 8.78. The molecule has 2 aliphatic rings. The third kappa shape index (κ3) is 5.26. The SMILES string of the molecule is COc1ccc(NC(=O)c2ccc(NCCCN3C(=O)[C@H]4CCCC[C@H]4C3=O)c([N+](=O)[O-])c2)cc1. The van der Waals surface area contributed by atoms with Crippen LogP contribution in [0.25, 0.3) is 0 Å². The molecule has 2 aromatic carbocycles. The minimum absolute atomic E-state index is 0.0853. The quantitative estimate of drug-likeness (QED) is 0.241. The molecule has 1 aliphatic carbocycles. The van der Waals surface area contributed by atoms with Crippen molar-refractivity contribution in [2.45, 2.75) is 32.1 Å². The van der Waals surface area contributed by atoms with Crippen LogP contribution in [0.1, 0.15) is 42.5 Å². The van der Waals surface area contributed by atoms with E-state index in [0.717, 1.165) is 25.7 Å². The summed E-state index contributed by atoms with van der Waals surface area (Å²) in [4.78, 5) is 50.1.